The van der Waals surface area contributed by atoms with Gasteiger partial charge in [-0.15, -0.1) is 0 Å². The Labute approximate surface area is 106 Å². The lowest BCUT2D eigenvalue weighted by atomic mass is 10.1. The van der Waals surface area contributed by atoms with Gasteiger partial charge < -0.3 is 10.5 Å². The van der Waals surface area contributed by atoms with Gasteiger partial charge >= 0.3 is 0 Å². The van der Waals surface area contributed by atoms with Crippen LogP contribution in [0.25, 0.3) is 0 Å². The average molecular weight is 286 g/mol. The molecule has 0 spiro atoms. The van der Waals surface area contributed by atoms with Crippen molar-refractivity contribution in [1.29, 1.82) is 0 Å². The van der Waals surface area contributed by atoms with Crippen LogP contribution in [0.1, 0.15) is 26.3 Å². The van der Waals surface area contributed by atoms with Gasteiger partial charge in [-0.1, -0.05) is 29.8 Å². The van der Waals surface area contributed by atoms with E-state index in [2.05, 4.69) is 35.8 Å². The topological polar surface area (TPSA) is 35.2 Å². The maximum Gasteiger partial charge on any atom is 0.119 e. The zero-order chi connectivity index (χ0) is 12.1. The van der Waals surface area contributed by atoms with E-state index < -0.39 is 0 Å². The molecule has 1 aromatic carbocycles. The zero-order valence-electron chi connectivity index (χ0n) is 10.2. The third kappa shape index (κ3) is 4.54. The molecule has 0 heterocycles. The number of ether oxygens (including phenoxy) is 1. The molecule has 0 amide bonds. The molecule has 0 aromatic heterocycles. The van der Waals surface area contributed by atoms with Crippen molar-refractivity contribution in [3.63, 3.8) is 0 Å². The molecule has 0 aliphatic rings. The molecule has 0 fully saturated rings. The van der Waals surface area contributed by atoms with Gasteiger partial charge in [-0.25, -0.2) is 0 Å². The molecule has 0 aliphatic heterocycles. The summed E-state index contributed by atoms with van der Waals surface area (Å²) in [7, 11) is 0. The summed E-state index contributed by atoms with van der Waals surface area (Å²) in [4.78, 5) is 0. The van der Waals surface area contributed by atoms with Crippen molar-refractivity contribution < 1.29 is 4.74 Å². The van der Waals surface area contributed by atoms with Crippen molar-refractivity contribution in [2.75, 3.05) is 6.61 Å². The predicted molar refractivity (Wildman–Crippen MR) is 71.8 cm³/mol. The first-order valence-corrected chi connectivity index (χ1v) is 6.45. The second-order valence-corrected chi connectivity index (χ2v) is 5.49. The first-order valence-electron chi connectivity index (χ1n) is 5.66. The molecular weight excluding hydrogens is 266 g/mol. The fourth-order valence-corrected chi connectivity index (χ4v) is 1.82. The number of hydrogen-bond donors (Lipinski definition) is 1. The fraction of sp³-hybridized carbons (Fsp3) is 0.538. The maximum absolute atomic E-state index is 5.80. The number of nitrogens with two attached hydrogens (primary N) is 1. The summed E-state index contributed by atoms with van der Waals surface area (Å²) in [6.45, 7) is 7.04. The highest BCUT2D eigenvalue weighted by Gasteiger charge is 2.05. The molecular formula is C13H20BrNO. The van der Waals surface area contributed by atoms with Crippen LogP contribution in [0.2, 0.25) is 0 Å². The van der Waals surface area contributed by atoms with Crippen LogP contribution in [-0.2, 0) is 6.42 Å². The minimum atomic E-state index is 0.164. The molecule has 0 radical (unpaired) electrons. The van der Waals surface area contributed by atoms with E-state index in [9.17, 15) is 0 Å². The van der Waals surface area contributed by atoms with Crippen LogP contribution < -0.4 is 10.5 Å². The van der Waals surface area contributed by atoms with Crippen LogP contribution in [0.15, 0.2) is 22.7 Å². The second-order valence-electron chi connectivity index (χ2n) is 4.64. The monoisotopic (exact) mass is 285 g/mol. The smallest absolute Gasteiger partial charge is 0.119 e. The van der Waals surface area contributed by atoms with Gasteiger partial charge in [0.05, 0.1) is 6.61 Å². The molecule has 1 unspecified atom stereocenters. The second kappa shape index (κ2) is 6.26. The fourth-order valence-electron chi connectivity index (χ4n) is 1.41. The number of halogens is 1. The molecule has 1 atom stereocenters. The van der Waals surface area contributed by atoms with Gasteiger partial charge in [-0.3, -0.25) is 0 Å². The Bertz CT molecular complexity index is 337. The minimum Gasteiger partial charge on any atom is -0.493 e. The van der Waals surface area contributed by atoms with Gasteiger partial charge in [-0.05, 0) is 43.0 Å². The zero-order valence-corrected chi connectivity index (χ0v) is 11.8. The third-order valence-electron chi connectivity index (χ3n) is 2.14. The van der Waals surface area contributed by atoms with Crippen molar-refractivity contribution in [2.24, 2.45) is 11.7 Å². The van der Waals surface area contributed by atoms with Crippen molar-refractivity contribution in [2.45, 2.75) is 33.2 Å². The summed E-state index contributed by atoms with van der Waals surface area (Å²) in [5.41, 5.74) is 7.01. The Morgan fingerprint density at radius 1 is 1.31 bits per heavy atom. The molecule has 0 aliphatic carbocycles. The van der Waals surface area contributed by atoms with Crippen LogP contribution in [0.5, 0.6) is 5.75 Å². The molecule has 0 saturated carbocycles. The van der Waals surface area contributed by atoms with E-state index in [1.165, 1.54) is 5.56 Å². The van der Waals surface area contributed by atoms with E-state index in [4.69, 9.17) is 10.5 Å². The summed E-state index contributed by atoms with van der Waals surface area (Å²) < 4.78 is 6.78. The summed E-state index contributed by atoms with van der Waals surface area (Å²) in [5.74, 6) is 1.47. The summed E-state index contributed by atoms with van der Waals surface area (Å²) in [5, 5.41) is 0. The molecule has 0 bridgehead atoms. The molecule has 16 heavy (non-hydrogen) atoms. The lowest BCUT2D eigenvalue weighted by Crippen LogP contribution is -2.18. The number of rotatable bonds is 5. The first-order chi connectivity index (χ1) is 7.49. The maximum atomic E-state index is 5.80. The predicted octanol–water partition coefficient (Wildman–Crippen LogP) is 3.37. The van der Waals surface area contributed by atoms with Crippen LogP contribution in [-0.4, -0.2) is 12.6 Å². The van der Waals surface area contributed by atoms with E-state index in [0.717, 1.165) is 23.2 Å². The van der Waals surface area contributed by atoms with E-state index in [1.807, 2.05) is 19.1 Å². The van der Waals surface area contributed by atoms with Gasteiger partial charge in [0, 0.05) is 10.5 Å². The molecule has 1 rings (SSSR count). The number of hydrogen-bond acceptors (Lipinski definition) is 2. The molecule has 0 saturated heterocycles. The van der Waals surface area contributed by atoms with Crippen molar-refractivity contribution in [3.8, 4) is 5.75 Å². The lowest BCUT2D eigenvalue weighted by molar-refractivity contribution is 0.271. The lowest BCUT2D eigenvalue weighted by Gasteiger charge is -2.12. The Balaban J connectivity index is 2.73. The molecule has 2 N–H and O–H groups in total. The van der Waals surface area contributed by atoms with Crippen LogP contribution in [0.4, 0.5) is 0 Å². The summed E-state index contributed by atoms with van der Waals surface area (Å²) in [6, 6.07) is 6.23. The Morgan fingerprint density at radius 2 is 2.00 bits per heavy atom. The summed E-state index contributed by atoms with van der Waals surface area (Å²) in [6.07, 6.45) is 0.861. The standard InChI is InChI=1S/C13H20BrNO/c1-9(2)8-16-12-4-5-13(14)11(7-12)6-10(3)15/h4-5,7,9-10H,6,8,15H2,1-3H3. The highest BCUT2D eigenvalue weighted by Crippen LogP contribution is 2.24. The van der Waals surface area contributed by atoms with Crippen LogP contribution in [0.3, 0.4) is 0 Å². The number of benzene rings is 1. The largest absolute Gasteiger partial charge is 0.493 e. The van der Waals surface area contributed by atoms with Gasteiger partial charge in [-0.2, -0.15) is 0 Å². The van der Waals surface area contributed by atoms with Gasteiger partial charge in [0.2, 0.25) is 0 Å². The first kappa shape index (κ1) is 13.5. The minimum absolute atomic E-state index is 0.164. The molecule has 90 valence electrons. The van der Waals surface area contributed by atoms with E-state index >= 15 is 0 Å². The highest BCUT2D eigenvalue weighted by molar-refractivity contribution is 9.10. The van der Waals surface area contributed by atoms with Gasteiger partial charge in [0.25, 0.3) is 0 Å². The molecule has 3 heteroatoms. The summed E-state index contributed by atoms with van der Waals surface area (Å²) >= 11 is 3.53. The Hall–Kier alpha value is -0.540. The van der Waals surface area contributed by atoms with Gasteiger partial charge in [0.1, 0.15) is 5.75 Å². The SMILES string of the molecule is CC(C)COc1ccc(Br)c(CC(C)N)c1. The van der Waals surface area contributed by atoms with E-state index in [-0.39, 0.29) is 6.04 Å². The highest BCUT2D eigenvalue weighted by atomic mass is 79.9. The van der Waals surface area contributed by atoms with Crippen LogP contribution in [0, 0.1) is 5.92 Å². The van der Waals surface area contributed by atoms with Crippen molar-refractivity contribution in [1.82, 2.24) is 0 Å². The van der Waals surface area contributed by atoms with E-state index in [0.29, 0.717) is 5.92 Å². The van der Waals surface area contributed by atoms with Crippen molar-refractivity contribution in [3.05, 3.63) is 28.2 Å². The Morgan fingerprint density at radius 3 is 2.56 bits per heavy atom. The average Bonchev–Trinajstić information content (AvgIpc) is 2.18. The van der Waals surface area contributed by atoms with Crippen molar-refractivity contribution >= 4 is 15.9 Å². The van der Waals surface area contributed by atoms with Crippen LogP contribution >= 0.6 is 15.9 Å². The third-order valence-corrected chi connectivity index (χ3v) is 2.92. The molecule has 1 aromatic rings. The van der Waals surface area contributed by atoms with E-state index in [1.54, 1.807) is 0 Å². The Kier molecular flexibility index (Phi) is 5.29. The molecule has 2 nitrogen and oxygen atoms in total. The van der Waals surface area contributed by atoms with Gasteiger partial charge in [0.15, 0.2) is 0 Å². The quantitative estimate of drug-likeness (QED) is 0.900. The normalized spacial score (nSPS) is 12.9.